The molecule has 0 aromatic heterocycles. The first kappa shape index (κ1) is 31.1. The Bertz CT molecular complexity index is 1020. The van der Waals surface area contributed by atoms with Crippen LogP contribution in [0.3, 0.4) is 0 Å². The zero-order valence-corrected chi connectivity index (χ0v) is 24.9. The third-order valence-corrected chi connectivity index (χ3v) is 7.89. The summed E-state index contributed by atoms with van der Waals surface area (Å²) >= 11 is 0. The van der Waals surface area contributed by atoms with Crippen molar-refractivity contribution in [3.63, 3.8) is 0 Å². The molecule has 39 heavy (non-hydrogen) atoms. The summed E-state index contributed by atoms with van der Waals surface area (Å²) in [6.45, 7) is 16.0. The number of rotatable bonds is 12. The maximum Gasteiger partial charge on any atom is 0.410 e. The van der Waals surface area contributed by atoms with Crippen LogP contribution in [0.15, 0.2) is 42.5 Å². The number of aliphatic hydroxyl groups is 2. The van der Waals surface area contributed by atoms with Crippen molar-refractivity contribution in [2.75, 3.05) is 13.2 Å². The maximum atomic E-state index is 13.2. The van der Waals surface area contributed by atoms with Crippen molar-refractivity contribution < 1.29 is 24.5 Å². The fraction of sp³-hybridized carbons (Fsp3) is 0.606. The van der Waals surface area contributed by atoms with Crippen LogP contribution in [0.2, 0.25) is 0 Å². The molecule has 1 heterocycles. The van der Waals surface area contributed by atoms with Gasteiger partial charge in [-0.1, -0.05) is 84.0 Å². The van der Waals surface area contributed by atoms with E-state index in [-0.39, 0.29) is 37.6 Å². The van der Waals surface area contributed by atoms with E-state index >= 15 is 0 Å². The number of benzene rings is 2. The van der Waals surface area contributed by atoms with Gasteiger partial charge in [0.1, 0.15) is 6.61 Å². The van der Waals surface area contributed by atoms with Gasteiger partial charge in [-0.25, -0.2) is 4.79 Å². The van der Waals surface area contributed by atoms with Gasteiger partial charge in [0.05, 0.1) is 31.0 Å². The summed E-state index contributed by atoms with van der Waals surface area (Å²) in [6, 6.07) is 14.1. The number of hydrogen-bond donors (Lipinski definition) is 2. The van der Waals surface area contributed by atoms with Gasteiger partial charge < -0.3 is 24.6 Å². The van der Waals surface area contributed by atoms with Gasteiger partial charge in [-0.05, 0) is 71.8 Å². The number of carbonyl (C=O) groups is 1. The van der Waals surface area contributed by atoms with E-state index in [1.807, 2.05) is 30.3 Å². The maximum absolute atomic E-state index is 13.2. The molecule has 1 aliphatic rings. The van der Waals surface area contributed by atoms with Gasteiger partial charge in [0.15, 0.2) is 0 Å². The first-order valence-corrected chi connectivity index (χ1v) is 14.6. The Morgan fingerprint density at radius 3 is 2.13 bits per heavy atom. The Kier molecular flexibility index (Phi) is 11.4. The Hall–Kier alpha value is -2.41. The number of likely N-dealkylation sites (tertiary alicyclic amines) is 1. The van der Waals surface area contributed by atoms with E-state index in [0.29, 0.717) is 43.6 Å². The second kappa shape index (κ2) is 14.3. The molecule has 0 aliphatic carbocycles. The van der Waals surface area contributed by atoms with Crippen molar-refractivity contribution in [2.45, 2.75) is 116 Å². The lowest BCUT2D eigenvalue weighted by molar-refractivity contribution is -0.0285. The first-order chi connectivity index (χ1) is 18.5. The van der Waals surface area contributed by atoms with Gasteiger partial charge >= 0.3 is 6.09 Å². The van der Waals surface area contributed by atoms with Crippen LogP contribution >= 0.6 is 0 Å². The quantitative estimate of drug-likeness (QED) is 0.302. The zero-order chi connectivity index (χ0) is 28.7. The topological polar surface area (TPSA) is 79.2 Å². The third-order valence-electron chi connectivity index (χ3n) is 7.89. The van der Waals surface area contributed by atoms with E-state index in [2.05, 4.69) is 60.6 Å². The normalized spacial score (nSPS) is 19.2. The van der Waals surface area contributed by atoms with Crippen LogP contribution in [0.1, 0.15) is 119 Å². The Labute approximate surface area is 235 Å². The minimum absolute atomic E-state index is 0.156. The van der Waals surface area contributed by atoms with Gasteiger partial charge in [0, 0.05) is 6.54 Å². The van der Waals surface area contributed by atoms with Gasteiger partial charge in [0.2, 0.25) is 0 Å². The van der Waals surface area contributed by atoms with E-state index in [9.17, 15) is 15.0 Å². The molecule has 0 saturated carbocycles. The highest BCUT2D eigenvalue weighted by Crippen LogP contribution is 2.39. The fourth-order valence-corrected chi connectivity index (χ4v) is 5.62. The molecule has 4 atom stereocenters. The molecule has 6 heteroatoms. The third kappa shape index (κ3) is 8.06. The molecular formula is C33H49NO5. The molecule has 0 radical (unpaired) electrons. The predicted octanol–water partition coefficient (Wildman–Crippen LogP) is 7.05. The second-order valence-electron chi connectivity index (χ2n) is 11.9. The summed E-state index contributed by atoms with van der Waals surface area (Å²) in [7, 11) is 0. The number of ether oxygens (including phenoxy) is 2. The Morgan fingerprint density at radius 1 is 0.974 bits per heavy atom. The Balaban J connectivity index is 1.84. The SMILES string of the molecule is CC(C)c1cc(C(C)C)c([C@@H](C)O[C@H]2CCN(C(=O)OCc3ccccc3)[C@H]2CCC(O)CO)c(C(C)C)c1. The lowest BCUT2D eigenvalue weighted by Crippen LogP contribution is -2.41. The lowest BCUT2D eigenvalue weighted by atomic mass is 9.82. The van der Waals surface area contributed by atoms with Crippen molar-refractivity contribution in [3.05, 3.63) is 70.3 Å². The molecule has 2 N–H and O–H groups in total. The predicted molar refractivity (Wildman–Crippen MR) is 156 cm³/mol. The van der Waals surface area contributed by atoms with Crippen molar-refractivity contribution in [1.29, 1.82) is 0 Å². The number of aliphatic hydroxyl groups excluding tert-OH is 2. The number of hydrogen-bond acceptors (Lipinski definition) is 5. The highest BCUT2D eigenvalue weighted by molar-refractivity contribution is 5.68. The van der Waals surface area contributed by atoms with Crippen molar-refractivity contribution in [3.8, 4) is 0 Å². The monoisotopic (exact) mass is 539 g/mol. The minimum Gasteiger partial charge on any atom is -0.445 e. The Morgan fingerprint density at radius 2 is 1.59 bits per heavy atom. The van der Waals surface area contributed by atoms with Gasteiger partial charge in [0.25, 0.3) is 0 Å². The molecule has 6 nitrogen and oxygen atoms in total. The van der Waals surface area contributed by atoms with E-state index in [0.717, 1.165) is 5.56 Å². The standard InChI is InChI=1S/C33H49NO5/c1-21(2)26-17-28(22(3)4)32(29(18-26)23(5)6)24(7)39-31-15-16-34(30(31)14-13-27(36)19-35)33(37)38-20-25-11-9-8-10-12-25/h8-12,17-18,21-24,27,30-31,35-36H,13-16,19-20H2,1-7H3/t24-,27?,30+,31+/m1/s1. The molecular weight excluding hydrogens is 490 g/mol. The first-order valence-electron chi connectivity index (χ1n) is 14.6. The number of carbonyl (C=O) groups excluding carboxylic acids is 1. The van der Waals surface area contributed by atoms with Crippen LogP contribution in [-0.2, 0) is 16.1 Å². The summed E-state index contributed by atoms with van der Waals surface area (Å²) < 4.78 is 12.5. The summed E-state index contributed by atoms with van der Waals surface area (Å²) in [6.07, 6.45) is 0.0668. The van der Waals surface area contributed by atoms with E-state index < -0.39 is 6.10 Å². The van der Waals surface area contributed by atoms with Crippen LogP contribution in [0.25, 0.3) is 0 Å². The largest absolute Gasteiger partial charge is 0.445 e. The van der Waals surface area contributed by atoms with Gasteiger partial charge in [-0.15, -0.1) is 0 Å². The van der Waals surface area contributed by atoms with Gasteiger partial charge in [-0.2, -0.15) is 0 Å². The van der Waals surface area contributed by atoms with Crippen LogP contribution < -0.4 is 0 Å². The summed E-state index contributed by atoms with van der Waals surface area (Å²) in [4.78, 5) is 14.9. The highest BCUT2D eigenvalue weighted by atomic mass is 16.6. The molecule has 3 rings (SSSR count). The van der Waals surface area contributed by atoms with Crippen LogP contribution in [0.5, 0.6) is 0 Å². The zero-order valence-electron chi connectivity index (χ0n) is 24.9. The van der Waals surface area contributed by atoms with E-state index in [1.165, 1.54) is 22.3 Å². The van der Waals surface area contributed by atoms with Crippen molar-refractivity contribution in [2.24, 2.45) is 0 Å². The molecule has 2 aromatic rings. The molecule has 1 fully saturated rings. The van der Waals surface area contributed by atoms with Crippen molar-refractivity contribution in [1.82, 2.24) is 4.90 Å². The molecule has 1 aliphatic heterocycles. The van der Waals surface area contributed by atoms with Crippen LogP contribution in [0, 0.1) is 0 Å². The van der Waals surface area contributed by atoms with E-state index in [4.69, 9.17) is 9.47 Å². The highest BCUT2D eigenvalue weighted by Gasteiger charge is 2.40. The van der Waals surface area contributed by atoms with Crippen LogP contribution in [-0.4, -0.2) is 52.6 Å². The van der Waals surface area contributed by atoms with E-state index in [1.54, 1.807) is 4.90 Å². The number of amides is 1. The molecule has 0 bridgehead atoms. The fourth-order valence-electron chi connectivity index (χ4n) is 5.62. The molecule has 2 aromatic carbocycles. The second-order valence-corrected chi connectivity index (χ2v) is 11.9. The summed E-state index contributed by atoms with van der Waals surface area (Å²) in [5, 5.41) is 19.5. The lowest BCUT2D eigenvalue weighted by Gasteiger charge is -2.32. The average molecular weight is 540 g/mol. The van der Waals surface area contributed by atoms with Crippen LogP contribution in [0.4, 0.5) is 4.79 Å². The molecule has 0 spiro atoms. The molecule has 216 valence electrons. The summed E-state index contributed by atoms with van der Waals surface area (Å²) in [5.74, 6) is 1.15. The minimum atomic E-state index is -0.825. The van der Waals surface area contributed by atoms with Gasteiger partial charge in [-0.3, -0.25) is 0 Å². The molecule has 1 unspecified atom stereocenters. The molecule has 1 amide bonds. The summed E-state index contributed by atoms with van der Waals surface area (Å²) in [5.41, 5.74) is 6.18. The number of nitrogens with zero attached hydrogens (tertiary/aromatic N) is 1. The average Bonchev–Trinajstić information content (AvgIpc) is 3.31. The smallest absolute Gasteiger partial charge is 0.410 e. The van der Waals surface area contributed by atoms with Crippen molar-refractivity contribution >= 4 is 6.09 Å². The molecule has 1 saturated heterocycles.